The lowest BCUT2D eigenvalue weighted by Gasteiger charge is -2.29. The van der Waals surface area contributed by atoms with Gasteiger partial charge < -0.3 is 10.6 Å². The normalized spacial score (nSPS) is 18.2. The van der Waals surface area contributed by atoms with E-state index in [1.165, 1.54) is 35.2 Å². The van der Waals surface area contributed by atoms with E-state index in [1.54, 1.807) is 24.3 Å². The number of non-ortho nitro benzene ring substituents is 1. The van der Waals surface area contributed by atoms with E-state index in [2.05, 4.69) is 15.6 Å². The van der Waals surface area contributed by atoms with Crippen LogP contribution in [0.3, 0.4) is 0 Å². The number of amides is 2. The fourth-order valence-corrected chi connectivity index (χ4v) is 4.26. The summed E-state index contributed by atoms with van der Waals surface area (Å²) in [7, 11) is 0. The first-order valence-corrected chi connectivity index (χ1v) is 9.82. The van der Waals surface area contributed by atoms with E-state index >= 15 is 0 Å². The van der Waals surface area contributed by atoms with Gasteiger partial charge in [-0.3, -0.25) is 29.1 Å². The van der Waals surface area contributed by atoms with E-state index in [0.29, 0.717) is 16.5 Å². The number of thioether (sulfide) groups is 1. The second-order valence-electron chi connectivity index (χ2n) is 6.56. The zero-order valence-corrected chi connectivity index (χ0v) is 16.2. The summed E-state index contributed by atoms with van der Waals surface area (Å²) < 4.78 is 1.18. The zero-order valence-electron chi connectivity index (χ0n) is 15.4. The van der Waals surface area contributed by atoms with Gasteiger partial charge in [-0.15, -0.1) is 0 Å². The molecule has 30 heavy (non-hydrogen) atoms. The SMILES string of the molecule is O=C1CSC(NC(=O)Cn2cnc3ccccc3c2=O)(c2ccc([N+](=O)[O-])cc2)N1. The van der Waals surface area contributed by atoms with Gasteiger partial charge in [-0.25, -0.2) is 4.98 Å². The summed E-state index contributed by atoms with van der Waals surface area (Å²) in [4.78, 5) is 50.5. The topological polar surface area (TPSA) is 136 Å². The van der Waals surface area contributed by atoms with Crippen molar-refractivity contribution < 1.29 is 14.5 Å². The Labute approximate surface area is 173 Å². The van der Waals surface area contributed by atoms with E-state index in [1.807, 2.05) is 0 Å². The van der Waals surface area contributed by atoms with Crippen molar-refractivity contribution in [1.29, 1.82) is 0 Å². The van der Waals surface area contributed by atoms with Gasteiger partial charge in [0.05, 0.1) is 27.9 Å². The number of benzene rings is 2. The van der Waals surface area contributed by atoms with E-state index in [-0.39, 0.29) is 29.5 Å². The lowest BCUT2D eigenvalue weighted by molar-refractivity contribution is -0.384. The molecule has 1 aliphatic heterocycles. The third-order valence-corrected chi connectivity index (χ3v) is 5.86. The standard InChI is InChI=1S/C19H15N5O5S/c25-16(9-23-11-20-15-4-2-1-3-14(15)18(23)27)21-19(22-17(26)10-30-19)12-5-7-13(8-6-12)24(28)29/h1-8,11H,9-10H2,(H,21,25)(H,22,26). The highest BCUT2D eigenvalue weighted by molar-refractivity contribution is 8.01. The van der Waals surface area contributed by atoms with Crippen molar-refractivity contribution in [3.8, 4) is 0 Å². The van der Waals surface area contributed by atoms with Crippen LogP contribution >= 0.6 is 11.8 Å². The van der Waals surface area contributed by atoms with Crippen molar-refractivity contribution in [3.05, 3.63) is 80.9 Å². The minimum atomic E-state index is -1.28. The van der Waals surface area contributed by atoms with Crippen LogP contribution in [0.25, 0.3) is 10.9 Å². The number of rotatable bonds is 5. The van der Waals surface area contributed by atoms with Crippen LogP contribution in [0.5, 0.6) is 0 Å². The molecule has 152 valence electrons. The number of nitro groups is 1. The summed E-state index contributed by atoms with van der Waals surface area (Å²) in [6.07, 6.45) is 1.29. The highest BCUT2D eigenvalue weighted by Gasteiger charge is 2.42. The molecule has 1 fully saturated rings. The van der Waals surface area contributed by atoms with Crippen LogP contribution < -0.4 is 16.2 Å². The molecule has 2 aromatic carbocycles. The van der Waals surface area contributed by atoms with Crippen LogP contribution in [0.15, 0.2) is 59.7 Å². The Morgan fingerprint density at radius 3 is 2.63 bits per heavy atom. The predicted octanol–water partition coefficient (Wildman–Crippen LogP) is 1.09. The molecule has 2 heterocycles. The molecule has 0 spiro atoms. The van der Waals surface area contributed by atoms with E-state index in [9.17, 15) is 24.5 Å². The van der Waals surface area contributed by atoms with Crippen LogP contribution in [0.2, 0.25) is 0 Å². The fraction of sp³-hybridized carbons (Fsp3) is 0.158. The first-order valence-electron chi connectivity index (χ1n) is 8.83. The Bertz CT molecular complexity index is 1230. The molecule has 2 N–H and O–H groups in total. The van der Waals surface area contributed by atoms with Crippen molar-refractivity contribution in [2.75, 3.05) is 5.75 Å². The van der Waals surface area contributed by atoms with Gasteiger partial charge in [0, 0.05) is 17.7 Å². The average molecular weight is 425 g/mol. The number of aromatic nitrogens is 2. The monoisotopic (exact) mass is 425 g/mol. The summed E-state index contributed by atoms with van der Waals surface area (Å²) in [5.74, 6) is -0.709. The molecule has 1 unspecified atom stereocenters. The number of nitrogens with one attached hydrogen (secondary N) is 2. The quantitative estimate of drug-likeness (QED) is 0.461. The van der Waals surface area contributed by atoms with Gasteiger partial charge >= 0.3 is 0 Å². The minimum absolute atomic E-state index is 0.106. The van der Waals surface area contributed by atoms with Crippen molar-refractivity contribution >= 4 is 40.2 Å². The number of carbonyl (C=O) groups excluding carboxylic acids is 2. The number of hydrogen-bond donors (Lipinski definition) is 2. The van der Waals surface area contributed by atoms with Crippen LogP contribution in [0.4, 0.5) is 5.69 Å². The molecule has 0 saturated carbocycles. The molecular weight excluding hydrogens is 410 g/mol. The number of fused-ring (bicyclic) bond motifs is 1. The highest BCUT2D eigenvalue weighted by Crippen LogP contribution is 2.36. The second kappa shape index (κ2) is 7.59. The fourth-order valence-electron chi connectivity index (χ4n) is 3.16. The number of nitro benzene ring substituents is 1. The van der Waals surface area contributed by atoms with Crippen LogP contribution in [0.1, 0.15) is 5.56 Å². The summed E-state index contributed by atoms with van der Waals surface area (Å²) >= 11 is 1.15. The number of nitrogens with zero attached hydrogens (tertiary/aromatic N) is 3. The van der Waals surface area contributed by atoms with Crippen LogP contribution in [-0.4, -0.2) is 32.0 Å². The molecule has 4 rings (SSSR count). The molecule has 0 bridgehead atoms. The maximum atomic E-state index is 12.7. The van der Waals surface area contributed by atoms with Gasteiger partial charge in [-0.05, 0) is 24.3 Å². The summed E-state index contributed by atoms with van der Waals surface area (Å²) in [6.45, 7) is -0.304. The van der Waals surface area contributed by atoms with Gasteiger partial charge in [0.25, 0.3) is 11.2 Å². The zero-order chi connectivity index (χ0) is 21.3. The van der Waals surface area contributed by atoms with Crippen molar-refractivity contribution in [2.45, 2.75) is 11.5 Å². The van der Waals surface area contributed by atoms with E-state index in [4.69, 9.17) is 0 Å². The maximum Gasteiger partial charge on any atom is 0.269 e. The minimum Gasteiger partial charge on any atom is -0.320 e. The average Bonchev–Trinajstić information content (AvgIpc) is 3.11. The van der Waals surface area contributed by atoms with Crippen molar-refractivity contribution in [3.63, 3.8) is 0 Å². The number of carbonyl (C=O) groups is 2. The van der Waals surface area contributed by atoms with Crippen LogP contribution in [-0.2, 0) is 21.1 Å². The first kappa shape index (κ1) is 19.6. The molecule has 1 aliphatic rings. The second-order valence-corrected chi connectivity index (χ2v) is 7.75. The summed E-state index contributed by atoms with van der Waals surface area (Å²) in [5, 5.41) is 16.7. The van der Waals surface area contributed by atoms with E-state index < -0.39 is 15.8 Å². The predicted molar refractivity (Wildman–Crippen MR) is 110 cm³/mol. The summed E-state index contributed by atoms with van der Waals surface area (Å²) in [5.41, 5.74) is 0.535. The largest absolute Gasteiger partial charge is 0.320 e. The molecule has 1 saturated heterocycles. The molecule has 3 aromatic rings. The van der Waals surface area contributed by atoms with Gasteiger partial charge in [0.1, 0.15) is 6.54 Å². The maximum absolute atomic E-state index is 12.7. The molecule has 2 amide bonds. The van der Waals surface area contributed by atoms with Crippen molar-refractivity contribution in [2.24, 2.45) is 0 Å². The Morgan fingerprint density at radius 1 is 1.23 bits per heavy atom. The molecule has 0 aliphatic carbocycles. The third-order valence-electron chi connectivity index (χ3n) is 4.58. The Balaban J connectivity index is 1.60. The molecule has 11 heteroatoms. The van der Waals surface area contributed by atoms with Gasteiger partial charge in [0.2, 0.25) is 11.8 Å². The van der Waals surface area contributed by atoms with E-state index in [0.717, 1.165) is 11.8 Å². The first-order chi connectivity index (χ1) is 14.4. The number of hydrogen-bond acceptors (Lipinski definition) is 7. The molecule has 10 nitrogen and oxygen atoms in total. The molecule has 0 radical (unpaired) electrons. The molecular formula is C19H15N5O5S. The smallest absolute Gasteiger partial charge is 0.269 e. The molecule has 1 atom stereocenters. The van der Waals surface area contributed by atoms with Gasteiger partial charge in [-0.2, -0.15) is 0 Å². The Hall–Kier alpha value is -3.73. The highest BCUT2D eigenvalue weighted by atomic mass is 32.2. The van der Waals surface area contributed by atoms with Gasteiger partial charge in [-0.1, -0.05) is 23.9 Å². The summed E-state index contributed by atoms with van der Waals surface area (Å²) in [6, 6.07) is 12.4. The third kappa shape index (κ3) is 3.62. The molecule has 1 aromatic heterocycles. The van der Waals surface area contributed by atoms with Crippen molar-refractivity contribution in [1.82, 2.24) is 20.2 Å². The van der Waals surface area contributed by atoms with Crippen LogP contribution in [0, 0.1) is 10.1 Å². The van der Waals surface area contributed by atoms with Gasteiger partial charge in [0.15, 0.2) is 4.99 Å². The number of para-hydroxylation sites is 1. The Kier molecular flexibility index (Phi) is 4.96. The lowest BCUT2D eigenvalue weighted by Crippen LogP contribution is -2.53. The Morgan fingerprint density at radius 2 is 1.97 bits per heavy atom. The lowest BCUT2D eigenvalue weighted by atomic mass is 10.1.